The van der Waals surface area contributed by atoms with Crippen molar-refractivity contribution in [1.29, 1.82) is 0 Å². The van der Waals surface area contributed by atoms with E-state index in [0.717, 1.165) is 16.3 Å². The van der Waals surface area contributed by atoms with Crippen molar-refractivity contribution in [2.24, 2.45) is 4.99 Å². The van der Waals surface area contributed by atoms with Gasteiger partial charge in [-0.25, -0.2) is 9.67 Å². The van der Waals surface area contributed by atoms with Crippen LogP contribution in [0.15, 0.2) is 69.4 Å². The van der Waals surface area contributed by atoms with Gasteiger partial charge in [0.25, 0.3) is 5.69 Å². The zero-order chi connectivity index (χ0) is 19.4. The largest absolute Gasteiger partial charge is 0.369 e. The minimum Gasteiger partial charge on any atom is -0.369 e. The van der Waals surface area contributed by atoms with Gasteiger partial charge in [0.1, 0.15) is 0 Å². The van der Waals surface area contributed by atoms with Crippen molar-refractivity contribution < 1.29 is 4.92 Å². The highest BCUT2D eigenvalue weighted by molar-refractivity contribution is 7.99. The molecular formula is C19H19N5O2S. The van der Waals surface area contributed by atoms with Crippen molar-refractivity contribution in [1.82, 2.24) is 14.7 Å². The molecule has 27 heavy (non-hydrogen) atoms. The maximum atomic E-state index is 11.4. The minimum absolute atomic E-state index is 0.0666. The van der Waals surface area contributed by atoms with Crippen molar-refractivity contribution >= 4 is 29.6 Å². The Kier molecular flexibility index (Phi) is 5.56. The van der Waals surface area contributed by atoms with Crippen molar-refractivity contribution in [2.45, 2.75) is 16.7 Å². The Balaban J connectivity index is 2.13. The van der Waals surface area contributed by atoms with Crippen LogP contribution in [0.25, 0.3) is 5.69 Å². The summed E-state index contributed by atoms with van der Waals surface area (Å²) in [5.41, 5.74) is 1.70. The normalized spacial score (nSPS) is 11.1. The number of aromatic nitrogens is 2. The molecule has 0 aliphatic heterocycles. The molecule has 0 spiro atoms. The molecule has 0 amide bonds. The molecule has 0 aliphatic carbocycles. The lowest BCUT2D eigenvalue weighted by Gasteiger charge is -2.08. The van der Waals surface area contributed by atoms with Crippen LogP contribution in [0.3, 0.4) is 0 Å². The van der Waals surface area contributed by atoms with Crippen LogP contribution in [-0.4, -0.2) is 40.0 Å². The molecule has 3 aromatic rings. The van der Waals surface area contributed by atoms with Crippen LogP contribution in [0.2, 0.25) is 0 Å². The first-order chi connectivity index (χ1) is 13.0. The third kappa shape index (κ3) is 4.17. The summed E-state index contributed by atoms with van der Waals surface area (Å²) >= 11 is 1.31. The van der Waals surface area contributed by atoms with Gasteiger partial charge in [-0.3, -0.25) is 10.1 Å². The molecular weight excluding hydrogens is 362 g/mol. The lowest BCUT2D eigenvalue weighted by Crippen LogP contribution is -2.07. The average Bonchev–Trinajstić information content (AvgIpc) is 2.97. The zero-order valence-electron chi connectivity index (χ0n) is 15.2. The van der Waals surface area contributed by atoms with E-state index in [4.69, 9.17) is 0 Å². The smallest absolute Gasteiger partial charge is 0.283 e. The zero-order valence-corrected chi connectivity index (χ0v) is 16.1. The Morgan fingerprint density at radius 1 is 1.15 bits per heavy atom. The second-order valence-corrected chi connectivity index (χ2v) is 7.07. The Hall–Kier alpha value is -3.13. The molecule has 0 atom stereocenters. The van der Waals surface area contributed by atoms with Gasteiger partial charge in [0.05, 0.1) is 32.4 Å². The lowest BCUT2D eigenvalue weighted by molar-refractivity contribution is -0.387. The molecule has 3 rings (SSSR count). The predicted octanol–water partition coefficient (Wildman–Crippen LogP) is 4.46. The molecule has 0 fully saturated rings. The molecule has 8 heteroatoms. The highest BCUT2D eigenvalue weighted by Gasteiger charge is 2.21. The van der Waals surface area contributed by atoms with Gasteiger partial charge in [-0.1, -0.05) is 42.1 Å². The summed E-state index contributed by atoms with van der Waals surface area (Å²) in [4.78, 5) is 18.7. The van der Waals surface area contributed by atoms with Gasteiger partial charge in [-0.2, -0.15) is 5.10 Å². The second kappa shape index (κ2) is 8.05. The number of para-hydroxylation sites is 2. The van der Waals surface area contributed by atoms with Gasteiger partial charge in [-0.05, 0) is 25.1 Å². The van der Waals surface area contributed by atoms with Crippen molar-refractivity contribution in [3.05, 3.63) is 70.4 Å². The van der Waals surface area contributed by atoms with E-state index in [9.17, 15) is 10.1 Å². The van der Waals surface area contributed by atoms with Crippen LogP contribution in [0, 0.1) is 17.0 Å². The minimum atomic E-state index is -0.373. The van der Waals surface area contributed by atoms with E-state index in [-0.39, 0.29) is 10.6 Å². The van der Waals surface area contributed by atoms with Crippen LogP contribution in [0.1, 0.15) is 5.69 Å². The summed E-state index contributed by atoms with van der Waals surface area (Å²) in [7, 11) is 3.77. The Morgan fingerprint density at radius 2 is 1.81 bits per heavy atom. The van der Waals surface area contributed by atoms with E-state index < -0.39 is 0 Å². The maximum Gasteiger partial charge on any atom is 0.283 e. The van der Waals surface area contributed by atoms with E-state index in [1.54, 1.807) is 29.2 Å². The molecule has 0 saturated heterocycles. The Bertz CT molecular complexity index is 983. The third-order valence-corrected chi connectivity index (χ3v) is 4.92. The number of hydrogen-bond acceptors (Lipinski definition) is 5. The summed E-state index contributed by atoms with van der Waals surface area (Å²) in [6, 6.07) is 16.4. The van der Waals surface area contributed by atoms with E-state index in [2.05, 4.69) is 10.1 Å². The SMILES string of the molecule is Cc1nn(-c2ccccc2)c(N=CN(C)C)c1Sc1ccccc1[N+](=O)[O-]. The Morgan fingerprint density at radius 3 is 2.48 bits per heavy atom. The fraction of sp³-hybridized carbons (Fsp3) is 0.158. The number of aryl methyl sites for hydroxylation is 1. The van der Waals surface area contributed by atoms with Crippen LogP contribution in [0.4, 0.5) is 11.5 Å². The maximum absolute atomic E-state index is 11.4. The standard InChI is InChI=1S/C19H19N5O2S/c1-14-18(27-17-12-8-7-11-16(17)24(25)26)19(20-13-22(2)3)23(21-14)15-9-5-4-6-10-15/h4-13H,1-3H3. The summed E-state index contributed by atoms with van der Waals surface area (Å²) in [6.45, 7) is 1.88. The van der Waals surface area contributed by atoms with E-state index in [1.807, 2.05) is 56.3 Å². The quantitative estimate of drug-likeness (QED) is 0.273. The van der Waals surface area contributed by atoms with Crippen molar-refractivity contribution in [3.63, 3.8) is 0 Å². The Labute approximate surface area is 161 Å². The second-order valence-electron chi connectivity index (χ2n) is 6.02. The number of rotatable bonds is 6. The summed E-state index contributed by atoms with van der Waals surface area (Å²) < 4.78 is 1.76. The van der Waals surface area contributed by atoms with Gasteiger partial charge in [0, 0.05) is 20.2 Å². The average molecular weight is 381 g/mol. The molecule has 0 radical (unpaired) electrons. The first-order valence-corrected chi connectivity index (χ1v) is 9.06. The van der Waals surface area contributed by atoms with Crippen LogP contribution >= 0.6 is 11.8 Å². The number of benzene rings is 2. The van der Waals surface area contributed by atoms with Gasteiger partial charge >= 0.3 is 0 Å². The van der Waals surface area contributed by atoms with Crippen LogP contribution < -0.4 is 0 Å². The number of hydrogen-bond donors (Lipinski definition) is 0. The topological polar surface area (TPSA) is 76.6 Å². The fourth-order valence-corrected chi connectivity index (χ4v) is 3.49. The molecule has 1 heterocycles. The molecule has 2 aromatic carbocycles. The third-order valence-electron chi connectivity index (χ3n) is 3.67. The summed E-state index contributed by atoms with van der Waals surface area (Å²) in [6.07, 6.45) is 1.69. The fourth-order valence-electron chi connectivity index (χ4n) is 2.46. The summed E-state index contributed by atoms with van der Waals surface area (Å²) in [5.74, 6) is 0.635. The highest BCUT2D eigenvalue weighted by Crippen LogP contribution is 2.42. The van der Waals surface area contributed by atoms with Gasteiger partial charge in [-0.15, -0.1) is 0 Å². The highest BCUT2D eigenvalue weighted by atomic mass is 32.2. The van der Waals surface area contributed by atoms with E-state index in [1.165, 1.54) is 17.8 Å². The van der Waals surface area contributed by atoms with Gasteiger partial charge < -0.3 is 4.90 Å². The molecule has 0 saturated carbocycles. The van der Waals surface area contributed by atoms with Crippen LogP contribution in [0.5, 0.6) is 0 Å². The van der Waals surface area contributed by atoms with E-state index in [0.29, 0.717) is 10.7 Å². The predicted molar refractivity (Wildman–Crippen MR) is 107 cm³/mol. The molecule has 138 valence electrons. The number of aliphatic imine (C=N–C) groups is 1. The monoisotopic (exact) mass is 381 g/mol. The first-order valence-electron chi connectivity index (χ1n) is 8.24. The van der Waals surface area contributed by atoms with Gasteiger partial charge in [0.2, 0.25) is 0 Å². The summed E-state index contributed by atoms with van der Waals surface area (Å²) in [5, 5.41) is 16.0. The lowest BCUT2D eigenvalue weighted by atomic mass is 10.3. The molecule has 0 N–H and O–H groups in total. The number of nitro benzene ring substituents is 1. The van der Waals surface area contributed by atoms with Crippen molar-refractivity contribution in [3.8, 4) is 5.69 Å². The van der Waals surface area contributed by atoms with E-state index >= 15 is 0 Å². The molecule has 7 nitrogen and oxygen atoms in total. The molecule has 1 aromatic heterocycles. The molecule has 0 aliphatic rings. The number of nitrogens with zero attached hydrogens (tertiary/aromatic N) is 5. The van der Waals surface area contributed by atoms with Crippen molar-refractivity contribution in [2.75, 3.05) is 14.1 Å². The molecule has 0 unspecified atom stereocenters. The van der Waals surface area contributed by atoms with Gasteiger partial charge in [0.15, 0.2) is 5.82 Å². The molecule has 0 bridgehead atoms. The first kappa shape index (κ1) is 18.7. The van der Waals surface area contributed by atoms with Crippen LogP contribution in [-0.2, 0) is 0 Å². The number of nitro groups is 1.